The van der Waals surface area contributed by atoms with Gasteiger partial charge in [0.25, 0.3) is 15.9 Å². The van der Waals surface area contributed by atoms with Crippen LogP contribution in [0, 0.1) is 11.3 Å². The lowest BCUT2D eigenvalue weighted by Gasteiger charge is -2.06. The molecule has 5 nitrogen and oxygen atoms in total. The molecule has 0 saturated heterocycles. The predicted molar refractivity (Wildman–Crippen MR) is 72.3 cm³/mol. The normalized spacial score (nSPS) is 10.6. The fraction of sp³-hybridized carbons (Fsp3) is 0. The Morgan fingerprint density at radius 3 is 2.15 bits per heavy atom. The summed E-state index contributed by atoms with van der Waals surface area (Å²) in [5.41, 5.74) is 0.566. The van der Waals surface area contributed by atoms with Crippen LogP contribution in [0.15, 0.2) is 59.5 Å². The van der Waals surface area contributed by atoms with Crippen LogP contribution in [0.2, 0.25) is 0 Å². The molecule has 0 unspecified atom stereocenters. The topological polar surface area (TPSA) is 87.0 Å². The minimum Gasteiger partial charge on any atom is -0.268 e. The Bertz CT molecular complexity index is 760. The van der Waals surface area contributed by atoms with E-state index in [1.54, 1.807) is 18.2 Å². The van der Waals surface area contributed by atoms with Crippen LogP contribution in [-0.2, 0) is 10.0 Å². The van der Waals surface area contributed by atoms with Crippen molar-refractivity contribution >= 4 is 15.9 Å². The molecule has 0 atom stereocenters. The average molecular weight is 286 g/mol. The summed E-state index contributed by atoms with van der Waals surface area (Å²) in [5, 5.41) is 8.66. The third-order valence-corrected chi connectivity index (χ3v) is 3.90. The summed E-state index contributed by atoms with van der Waals surface area (Å²) < 4.78 is 25.9. The van der Waals surface area contributed by atoms with Crippen molar-refractivity contribution < 1.29 is 13.2 Å². The number of nitriles is 1. The van der Waals surface area contributed by atoms with Crippen LogP contribution < -0.4 is 4.72 Å². The molecule has 0 fully saturated rings. The largest absolute Gasteiger partial charge is 0.268 e. The third-order valence-electron chi connectivity index (χ3n) is 2.56. The Morgan fingerprint density at radius 2 is 1.60 bits per heavy atom. The quantitative estimate of drug-likeness (QED) is 0.929. The molecular formula is C14H10N2O3S. The Labute approximate surface area is 116 Å². The van der Waals surface area contributed by atoms with Gasteiger partial charge in [0.1, 0.15) is 0 Å². The summed E-state index contributed by atoms with van der Waals surface area (Å²) in [5.74, 6) is -0.738. The van der Waals surface area contributed by atoms with Gasteiger partial charge >= 0.3 is 0 Å². The van der Waals surface area contributed by atoms with Crippen LogP contribution in [-0.4, -0.2) is 14.3 Å². The van der Waals surface area contributed by atoms with Gasteiger partial charge in [-0.05, 0) is 36.4 Å². The second-order valence-electron chi connectivity index (χ2n) is 3.94. The highest BCUT2D eigenvalue weighted by Crippen LogP contribution is 2.09. The van der Waals surface area contributed by atoms with Gasteiger partial charge in [0.05, 0.1) is 16.5 Å². The molecule has 2 aromatic rings. The van der Waals surface area contributed by atoms with Gasteiger partial charge in [-0.2, -0.15) is 5.26 Å². The number of hydrogen-bond donors (Lipinski definition) is 1. The lowest BCUT2D eigenvalue weighted by Crippen LogP contribution is -2.30. The smallest absolute Gasteiger partial charge is 0.264 e. The first-order chi connectivity index (χ1) is 9.53. The van der Waals surface area contributed by atoms with E-state index in [4.69, 9.17) is 5.26 Å². The number of nitrogens with zero attached hydrogens (tertiary/aromatic N) is 1. The molecule has 0 radical (unpaired) electrons. The van der Waals surface area contributed by atoms with E-state index in [0.717, 1.165) is 0 Å². The van der Waals surface area contributed by atoms with Gasteiger partial charge < -0.3 is 0 Å². The number of carbonyl (C=O) groups is 1. The van der Waals surface area contributed by atoms with E-state index >= 15 is 0 Å². The van der Waals surface area contributed by atoms with Crippen LogP contribution in [0.1, 0.15) is 15.9 Å². The molecule has 6 heteroatoms. The maximum Gasteiger partial charge on any atom is 0.264 e. The molecular weight excluding hydrogens is 276 g/mol. The molecule has 100 valence electrons. The maximum atomic E-state index is 12.0. The van der Waals surface area contributed by atoms with Crippen LogP contribution in [0.5, 0.6) is 0 Å². The van der Waals surface area contributed by atoms with Gasteiger partial charge in [-0.25, -0.2) is 13.1 Å². The first-order valence-electron chi connectivity index (χ1n) is 5.65. The van der Waals surface area contributed by atoms with E-state index in [1.165, 1.54) is 36.4 Å². The minimum atomic E-state index is -3.89. The van der Waals surface area contributed by atoms with E-state index in [2.05, 4.69) is 0 Å². The number of amides is 1. The maximum absolute atomic E-state index is 12.0. The van der Waals surface area contributed by atoms with Gasteiger partial charge in [-0.15, -0.1) is 0 Å². The molecule has 0 aliphatic heterocycles. The van der Waals surface area contributed by atoms with E-state index in [0.29, 0.717) is 5.56 Å². The molecule has 0 aromatic heterocycles. The lowest BCUT2D eigenvalue weighted by molar-refractivity contribution is 0.0981. The van der Waals surface area contributed by atoms with Crippen molar-refractivity contribution in [1.29, 1.82) is 5.26 Å². The van der Waals surface area contributed by atoms with Crippen LogP contribution in [0.3, 0.4) is 0 Å². The zero-order valence-corrected chi connectivity index (χ0v) is 11.1. The summed E-state index contributed by atoms with van der Waals surface area (Å²) in [6.07, 6.45) is 0. The van der Waals surface area contributed by atoms with Crippen molar-refractivity contribution in [3.63, 3.8) is 0 Å². The van der Waals surface area contributed by atoms with Crippen LogP contribution in [0.25, 0.3) is 0 Å². The van der Waals surface area contributed by atoms with E-state index < -0.39 is 15.9 Å². The molecule has 1 amide bonds. The molecule has 0 spiro atoms. The van der Waals surface area contributed by atoms with Crippen molar-refractivity contribution in [3.05, 3.63) is 65.7 Å². The van der Waals surface area contributed by atoms with Gasteiger partial charge in [0, 0.05) is 5.56 Å². The Morgan fingerprint density at radius 1 is 1.00 bits per heavy atom. The van der Waals surface area contributed by atoms with Crippen LogP contribution in [0.4, 0.5) is 0 Å². The van der Waals surface area contributed by atoms with Crippen molar-refractivity contribution in [1.82, 2.24) is 4.72 Å². The molecule has 20 heavy (non-hydrogen) atoms. The number of sulfonamides is 1. The molecule has 2 rings (SSSR count). The standard InChI is InChI=1S/C14H10N2O3S/c15-10-11-6-8-12(9-7-11)14(17)16-20(18,19)13-4-2-1-3-5-13/h1-9H,(H,16,17). The minimum absolute atomic E-state index is 0.0157. The molecule has 1 N–H and O–H groups in total. The van der Waals surface area contributed by atoms with E-state index in [9.17, 15) is 13.2 Å². The van der Waals surface area contributed by atoms with Gasteiger partial charge in [0.2, 0.25) is 0 Å². The molecule has 0 bridgehead atoms. The van der Waals surface area contributed by atoms with Crippen molar-refractivity contribution in [2.75, 3.05) is 0 Å². The Balaban J connectivity index is 2.21. The zero-order chi connectivity index (χ0) is 14.6. The second kappa shape index (κ2) is 5.55. The first kappa shape index (κ1) is 13.8. The summed E-state index contributed by atoms with van der Waals surface area (Å²) >= 11 is 0. The number of carbonyl (C=O) groups excluding carboxylic acids is 1. The summed E-state index contributed by atoms with van der Waals surface area (Å²) in [4.78, 5) is 11.9. The Kier molecular flexibility index (Phi) is 3.82. The molecule has 0 heterocycles. The fourth-order valence-corrected chi connectivity index (χ4v) is 2.53. The lowest BCUT2D eigenvalue weighted by atomic mass is 10.1. The first-order valence-corrected chi connectivity index (χ1v) is 7.13. The highest BCUT2D eigenvalue weighted by molar-refractivity contribution is 7.90. The van der Waals surface area contributed by atoms with E-state index in [1.807, 2.05) is 10.8 Å². The summed E-state index contributed by atoms with van der Waals surface area (Å²) in [7, 11) is -3.89. The number of benzene rings is 2. The number of rotatable bonds is 3. The average Bonchev–Trinajstić information content (AvgIpc) is 2.48. The van der Waals surface area contributed by atoms with E-state index in [-0.39, 0.29) is 10.5 Å². The Hall–Kier alpha value is -2.65. The van der Waals surface area contributed by atoms with Gasteiger partial charge in [-0.1, -0.05) is 18.2 Å². The van der Waals surface area contributed by atoms with Gasteiger partial charge in [-0.3, -0.25) is 4.79 Å². The SMILES string of the molecule is N#Cc1ccc(C(=O)NS(=O)(=O)c2ccccc2)cc1. The summed E-state index contributed by atoms with van der Waals surface area (Å²) in [6.45, 7) is 0. The highest BCUT2D eigenvalue weighted by Gasteiger charge is 2.18. The molecule has 2 aromatic carbocycles. The summed E-state index contributed by atoms with van der Waals surface area (Å²) in [6, 6.07) is 15.2. The third kappa shape index (κ3) is 3.02. The number of nitrogens with one attached hydrogen (secondary N) is 1. The van der Waals surface area contributed by atoms with Crippen LogP contribution >= 0.6 is 0 Å². The molecule has 0 saturated carbocycles. The zero-order valence-electron chi connectivity index (χ0n) is 10.3. The van der Waals surface area contributed by atoms with Crippen molar-refractivity contribution in [2.45, 2.75) is 4.90 Å². The van der Waals surface area contributed by atoms with Gasteiger partial charge in [0.15, 0.2) is 0 Å². The monoisotopic (exact) mass is 286 g/mol. The predicted octanol–water partition coefficient (Wildman–Crippen LogP) is 1.68. The fourth-order valence-electron chi connectivity index (χ4n) is 1.54. The number of hydrogen-bond acceptors (Lipinski definition) is 4. The molecule has 0 aliphatic rings. The van der Waals surface area contributed by atoms with Crippen molar-refractivity contribution in [2.24, 2.45) is 0 Å². The second-order valence-corrected chi connectivity index (χ2v) is 5.62. The molecule has 0 aliphatic carbocycles. The highest BCUT2D eigenvalue weighted by atomic mass is 32.2. The van der Waals surface area contributed by atoms with Crippen molar-refractivity contribution in [3.8, 4) is 6.07 Å².